The molecule has 0 aliphatic rings. The number of rotatable bonds is 3. The highest BCUT2D eigenvalue weighted by atomic mass is 79.9. The molecule has 3 aromatic carbocycles. The zero-order valence-corrected chi connectivity index (χ0v) is 16.9. The fourth-order valence-electron chi connectivity index (χ4n) is 3.40. The highest BCUT2D eigenvalue weighted by Crippen LogP contribution is 2.27. The van der Waals surface area contributed by atoms with Crippen LogP contribution in [0.5, 0.6) is 0 Å². The summed E-state index contributed by atoms with van der Waals surface area (Å²) in [4.78, 5) is 25.6. The number of nitrogens with one attached hydrogen (secondary N) is 1. The molecule has 4 aromatic rings. The molecular formula is C22H15BrF2N2O2. The first kappa shape index (κ1) is 19.3. The number of carbonyl (C=O) groups is 1. The van der Waals surface area contributed by atoms with E-state index in [2.05, 4.69) is 21.2 Å². The Hall–Kier alpha value is -3.06. The highest BCUT2D eigenvalue weighted by molar-refractivity contribution is 9.10. The third-order valence-corrected chi connectivity index (χ3v) is 5.33. The molecule has 0 unspecified atom stereocenters. The first-order chi connectivity index (χ1) is 13.8. The van der Waals surface area contributed by atoms with Crippen molar-refractivity contribution in [2.45, 2.75) is 13.5 Å². The summed E-state index contributed by atoms with van der Waals surface area (Å²) in [6, 6.07) is 14.2. The minimum atomic E-state index is -0.879. The Morgan fingerprint density at radius 1 is 1.03 bits per heavy atom. The summed E-state index contributed by atoms with van der Waals surface area (Å²) in [6.07, 6.45) is 0. The number of aromatic nitrogens is 1. The molecule has 1 amide bonds. The quantitative estimate of drug-likeness (QED) is 0.433. The number of benzene rings is 3. The van der Waals surface area contributed by atoms with Crippen LogP contribution in [0, 0.1) is 18.6 Å². The molecule has 0 saturated heterocycles. The molecule has 4 rings (SSSR count). The molecule has 0 fully saturated rings. The van der Waals surface area contributed by atoms with Gasteiger partial charge >= 0.3 is 0 Å². The van der Waals surface area contributed by atoms with Crippen LogP contribution in [-0.2, 0) is 11.3 Å². The summed E-state index contributed by atoms with van der Waals surface area (Å²) in [5.74, 6) is -2.14. The number of amides is 1. The summed E-state index contributed by atoms with van der Waals surface area (Å²) in [5, 5.41) is 3.48. The van der Waals surface area contributed by atoms with Crippen LogP contribution in [-0.4, -0.2) is 10.5 Å². The highest BCUT2D eigenvalue weighted by Gasteiger charge is 2.16. The van der Waals surface area contributed by atoms with Crippen molar-refractivity contribution in [3.8, 4) is 0 Å². The smallest absolute Gasteiger partial charge is 0.244 e. The van der Waals surface area contributed by atoms with Gasteiger partial charge in [-0.1, -0.05) is 23.8 Å². The lowest BCUT2D eigenvalue weighted by Gasteiger charge is -2.16. The lowest BCUT2D eigenvalue weighted by atomic mass is 10.1. The van der Waals surface area contributed by atoms with Crippen LogP contribution in [0.1, 0.15) is 5.56 Å². The molecule has 0 saturated carbocycles. The molecule has 0 bridgehead atoms. The first-order valence-corrected chi connectivity index (χ1v) is 9.61. The summed E-state index contributed by atoms with van der Waals surface area (Å²) in [7, 11) is 0. The Labute approximate surface area is 172 Å². The zero-order valence-electron chi connectivity index (χ0n) is 15.3. The van der Waals surface area contributed by atoms with E-state index >= 15 is 0 Å². The van der Waals surface area contributed by atoms with E-state index in [-0.39, 0.29) is 22.1 Å². The van der Waals surface area contributed by atoms with Gasteiger partial charge in [-0.15, -0.1) is 0 Å². The van der Waals surface area contributed by atoms with Gasteiger partial charge in [0, 0.05) is 21.3 Å². The van der Waals surface area contributed by atoms with Crippen molar-refractivity contribution in [2.75, 3.05) is 5.32 Å². The van der Waals surface area contributed by atoms with Gasteiger partial charge < -0.3 is 9.88 Å². The maximum absolute atomic E-state index is 14.1. The molecule has 0 spiro atoms. The van der Waals surface area contributed by atoms with Crippen molar-refractivity contribution in [3.05, 3.63) is 86.5 Å². The van der Waals surface area contributed by atoms with E-state index in [1.54, 1.807) is 41.0 Å². The molecule has 0 aliphatic carbocycles. The molecule has 1 N–H and O–H groups in total. The molecule has 0 aliphatic heterocycles. The van der Waals surface area contributed by atoms with E-state index in [0.717, 1.165) is 11.6 Å². The van der Waals surface area contributed by atoms with Crippen molar-refractivity contribution < 1.29 is 13.6 Å². The average molecular weight is 457 g/mol. The first-order valence-electron chi connectivity index (χ1n) is 8.81. The van der Waals surface area contributed by atoms with E-state index in [4.69, 9.17) is 0 Å². The van der Waals surface area contributed by atoms with Crippen LogP contribution < -0.4 is 10.7 Å². The van der Waals surface area contributed by atoms with E-state index in [9.17, 15) is 18.4 Å². The number of aryl methyl sites for hydroxylation is 1. The largest absolute Gasteiger partial charge is 0.331 e. The minimum Gasteiger partial charge on any atom is -0.331 e. The maximum Gasteiger partial charge on any atom is 0.244 e. The summed E-state index contributed by atoms with van der Waals surface area (Å²) >= 11 is 3.07. The third kappa shape index (κ3) is 3.53. The second-order valence-corrected chi connectivity index (χ2v) is 7.60. The standard InChI is InChI=1S/C22H15BrF2N2O2/c1-12-6-7-19-15(8-12)22(29)14-4-2-3-5-18(14)27(19)11-20(28)26-21-16(23)9-13(24)10-17(21)25/h2-10H,11H2,1H3,(H,26,28). The van der Waals surface area contributed by atoms with Crippen molar-refractivity contribution in [3.63, 3.8) is 0 Å². The molecule has 4 nitrogen and oxygen atoms in total. The van der Waals surface area contributed by atoms with Crippen LogP contribution in [0.4, 0.5) is 14.5 Å². The lowest BCUT2D eigenvalue weighted by Crippen LogP contribution is -2.22. The van der Waals surface area contributed by atoms with E-state index in [0.29, 0.717) is 27.9 Å². The molecule has 7 heteroatoms. The summed E-state index contributed by atoms with van der Waals surface area (Å²) < 4.78 is 29.2. The van der Waals surface area contributed by atoms with Gasteiger partial charge in [0.25, 0.3) is 0 Å². The van der Waals surface area contributed by atoms with Crippen LogP contribution in [0.25, 0.3) is 21.8 Å². The molecule has 146 valence electrons. The Bertz CT molecular complexity index is 1330. The molecule has 0 atom stereocenters. The fourth-order valence-corrected chi connectivity index (χ4v) is 3.90. The topological polar surface area (TPSA) is 51.1 Å². The second kappa shape index (κ2) is 7.40. The molecule has 29 heavy (non-hydrogen) atoms. The Kier molecular flexibility index (Phi) is 4.92. The Morgan fingerprint density at radius 3 is 2.52 bits per heavy atom. The van der Waals surface area contributed by atoms with Gasteiger partial charge in [-0.05, 0) is 53.2 Å². The number of hydrogen-bond acceptors (Lipinski definition) is 2. The zero-order chi connectivity index (χ0) is 20.7. The minimum absolute atomic E-state index is 0.105. The van der Waals surface area contributed by atoms with Gasteiger partial charge in [-0.2, -0.15) is 0 Å². The lowest BCUT2D eigenvalue weighted by molar-refractivity contribution is -0.116. The SMILES string of the molecule is Cc1ccc2c(c1)c(=O)c1ccccc1n2CC(=O)Nc1c(F)cc(F)cc1Br. The molecule has 0 radical (unpaired) electrons. The van der Waals surface area contributed by atoms with Gasteiger partial charge in [0.2, 0.25) is 5.91 Å². The van der Waals surface area contributed by atoms with Gasteiger partial charge in [0.15, 0.2) is 11.2 Å². The summed E-state index contributed by atoms with van der Waals surface area (Å²) in [5.41, 5.74) is 1.89. The normalized spacial score (nSPS) is 11.2. The molecular weight excluding hydrogens is 442 g/mol. The Morgan fingerprint density at radius 2 is 1.76 bits per heavy atom. The van der Waals surface area contributed by atoms with Crippen molar-refractivity contribution >= 4 is 49.3 Å². The number of carbonyl (C=O) groups excluding carboxylic acids is 1. The summed E-state index contributed by atoms with van der Waals surface area (Å²) in [6.45, 7) is 1.74. The number of anilines is 1. The fraction of sp³-hybridized carbons (Fsp3) is 0.0909. The van der Waals surface area contributed by atoms with Crippen molar-refractivity contribution in [1.82, 2.24) is 4.57 Å². The monoisotopic (exact) mass is 456 g/mol. The molecule has 1 heterocycles. The predicted octanol–water partition coefficient (Wildman–Crippen LogP) is 5.14. The van der Waals surface area contributed by atoms with Gasteiger partial charge in [-0.3, -0.25) is 9.59 Å². The van der Waals surface area contributed by atoms with Gasteiger partial charge in [0.1, 0.15) is 12.4 Å². The van der Waals surface area contributed by atoms with Crippen LogP contribution in [0.2, 0.25) is 0 Å². The van der Waals surface area contributed by atoms with Gasteiger partial charge in [-0.25, -0.2) is 8.78 Å². The van der Waals surface area contributed by atoms with Crippen LogP contribution >= 0.6 is 15.9 Å². The van der Waals surface area contributed by atoms with Crippen LogP contribution in [0.3, 0.4) is 0 Å². The third-order valence-electron chi connectivity index (χ3n) is 4.70. The number of pyridine rings is 1. The van der Waals surface area contributed by atoms with E-state index in [1.807, 2.05) is 13.0 Å². The van der Waals surface area contributed by atoms with Crippen molar-refractivity contribution in [1.29, 1.82) is 0 Å². The van der Waals surface area contributed by atoms with Crippen molar-refractivity contribution in [2.24, 2.45) is 0 Å². The van der Waals surface area contributed by atoms with E-state index < -0.39 is 17.5 Å². The number of halogens is 3. The van der Waals surface area contributed by atoms with Crippen LogP contribution in [0.15, 0.2) is 63.9 Å². The van der Waals surface area contributed by atoms with E-state index in [1.165, 1.54) is 0 Å². The average Bonchev–Trinajstić information content (AvgIpc) is 2.68. The predicted molar refractivity (Wildman–Crippen MR) is 113 cm³/mol. The maximum atomic E-state index is 14.1. The molecule has 1 aromatic heterocycles. The second-order valence-electron chi connectivity index (χ2n) is 6.75. The number of para-hydroxylation sites is 1. The Balaban J connectivity index is 1.82. The van der Waals surface area contributed by atoms with Gasteiger partial charge in [0.05, 0.1) is 16.7 Å². The number of hydrogen-bond donors (Lipinski definition) is 1. The number of fused-ring (bicyclic) bond motifs is 2. The number of nitrogens with zero attached hydrogens (tertiary/aromatic N) is 1.